The summed E-state index contributed by atoms with van der Waals surface area (Å²) in [6.45, 7) is 1.22. The lowest BCUT2D eigenvalue weighted by molar-refractivity contribution is 0.187. The van der Waals surface area contributed by atoms with Gasteiger partial charge in [-0.1, -0.05) is 12.5 Å². The van der Waals surface area contributed by atoms with Crippen molar-refractivity contribution in [3.8, 4) is 0 Å². The average molecular weight is 245 g/mol. The lowest BCUT2D eigenvalue weighted by Gasteiger charge is -2.32. The van der Waals surface area contributed by atoms with Crippen molar-refractivity contribution in [2.45, 2.75) is 50.6 Å². The molecule has 18 heavy (non-hydrogen) atoms. The molecule has 1 aromatic heterocycles. The van der Waals surface area contributed by atoms with Gasteiger partial charge in [0, 0.05) is 18.3 Å². The van der Waals surface area contributed by atoms with E-state index in [0.29, 0.717) is 12.1 Å². The van der Waals surface area contributed by atoms with Crippen LogP contribution in [0.5, 0.6) is 0 Å². The van der Waals surface area contributed by atoms with Gasteiger partial charge >= 0.3 is 0 Å². The number of nitrogens with zero attached hydrogens (tertiary/aromatic N) is 2. The van der Waals surface area contributed by atoms with Crippen LogP contribution in [0.3, 0.4) is 0 Å². The van der Waals surface area contributed by atoms with Crippen LogP contribution in [0.15, 0.2) is 18.3 Å². The predicted molar refractivity (Wildman–Crippen MR) is 74.7 cm³/mol. The minimum absolute atomic E-state index is 0.573. The third kappa shape index (κ3) is 2.51. The van der Waals surface area contributed by atoms with Gasteiger partial charge in [-0.15, -0.1) is 0 Å². The van der Waals surface area contributed by atoms with E-state index in [2.05, 4.69) is 40.6 Å². The van der Waals surface area contributed by atoms with Gasteiger partial charge in [-0.05, 0) is 57.3 Å². The highest BCUT2D eigenvalue weighted by Crippen LogP contribution is 2.29. The Kier molecular flexibility index (Phi) is 3.50. The molecule has 2 heterocycles. The molecule has 2 aliphatic rings. The Bertz CT molecular complexity index is 383. The van der Waals surface area contributed by atoms with Crippen LogP contribution in [-0.2, 0) is 0 Å². The first-order chi connectivity index (χ1) is 8.83. The summed E-state index contributed by atoms with van der Waals surface area (Å²) >= 11 is 0. The monoisotopic (exact) mass is 245 g/mol. The summed E-state index contributed by atoms with van der Waals surface area (Å²) in [5.41, 5.74) is 1.37. The fourth-order valence-corrected chi connectivity index (χ4v) is 2.95. The van der Waals surface area contributed by atoms with Gasteiger partial charge in [0.25, 0.3) is 0 Å². The van der Waals surface area contributed by atoms with Gasteiger partial charge in [0.1, 0.15) is 5.82 Å². The molecule has 1 N–H and O–H groups in total. The maximum Gasteiger partial charge on any atom is 0.126 e. The second kappa shape index (κ2) is 5.27. The Hall–Kier alpha value is -1.09. The van der Waals surface area contributed by atoms with Crippen LogP contribution in [0, 0.1) is 0 Å². The molecule has 0 unspecified atom stereocenters. The molecule has 2 fully saturated rings. The third-order valence-electron chi connectivity index (χ3n) is 4.40. The van der Waals surface area contributed by atoms with Gasteiger partial charge in [0.15, 0.2) is 0 Å². The number of piperidine rings is 1. The largest absolute Gasteiger partial charge is 0.367 e. The Labute approximate surface area is 110 Å². The lowest BCUT2D eigenvalue weighted by Crippen LogP contribution is -2.30. The molecule has 3 nitrogen and oxygen atoms in total. The zero-order chi connectivity index (χ0) is 12.4. The molecule has 0 aromatic carbocycles. The smallest absolute Gasteiger partial charge is 0.126 e. The van der Waals surface area contributed by atoms with E-state index >= 15 is 0 Å². The molecule has 3 rings (SSSR count). The van der Waals surface area contributed by atoms with Crippen LogP contribution in [0.4, 0.5) is 5.82 Å². The summed E-state index contributed by atoms with van der Waals surface area (Å²) in [6.07, 6.45) is 9.98. The van der Waals surface area contributed by atoms with Crippen LogP contribution in [0.25, 0.3) is 0 Å². The number of hydrogen-bond acceptors (Lipinski definition) is 3. The molecule has 0 bridgehead atoms. The SMILES string of the molecule is CN1CCCC[C@H]1c1ccc(NC2CCC2)nc1. The lowest BCUT2D eigenvalue weighted by atomic mass is 9.93. The highest BCUT2D eigenvalue weighted by atomic mass is 15.1. The maximum absolute atomic E-state index is 4.57. The van der Waals surface area contributed by atoms with Gasteiger partial charge in [0.2, 0.25) is 0 Å². The topological polar surface area (TPSA) is 28.2 Å². The van der Waals surface area contributed by atoms with Gasteiger partial charge in [0.05, 0.1) is 0 Å². The first-order valence-electron chi connectivity index (χ1n) is 7.25. The minimum Gasteiger partial charge on any atom is -0.367 e. The van der Waals surface area contributed by atoms with E-state index in [4.69, 9.17) is 0 Å². The summed E-state index contributed by atoms with van der Waals surface area (Å²) in [7, 11) is 2.23. The normalized spacial score (nSPS) is 25.7. The fraction of sp³-hybridized carbons (Fsp3) is 0.667. The zero-order valence-corrected chi connectivity index (χ0v) is 11.2. The first-order valence-corrected chi connectivity index (χ1v) is 7.25. The van der Waals surface area contributed by atoms with Crippen molar-refractivity contribution in [1.29, 1.82) is 0 Å². The molecule has 1 saturated heterocycles. The fourth-order valence-electron chi connectivity index (χ4n) is 2.95. The van der Waals surface area contributed by atoms with Gasteiger partial charge in [-0.2, -0.15) is 0 Å². The van der Waals surface area contributed by atoms with E-state index in [9.17, 15) is 0 Å². The highest BCUT2D eigenvalue weighted by molar-refractivity contribution is 5.37. The summed E-state index contributed by atoms with van der Waals surface area (Å²) in [4.78, 5) is 7.03. The number of pyridine rings is 1. The average Bonchev–Trinajstić information content (AvgIpc) is 2.35. The number of likely N-dealkylation sites (tertiary alicyclic amines) is 1. The Morgan fingerprint density at radius 1 is 1.17 bits per heavy atom. The highest BCUT2D eigenvalue weighted by Gasteiger charge is 2.21. The second-order valence-corrected chi connectivity index (χ2v) is 5.74. The van der Waals surface area contributed by atoms with Crippen molar-refractivity contribution >= 4 is 5.82 Å². The van der Waals surface area contributed by atoms with Crippen molar-refractivity contribution in [2.24, 2.45) is 0 Å². The Morgan fingerprint density at radius 2 is 2.06 bits per heavy atom. The van der Waals surface area contributed by atoms with Crippen molar-refractivity contribution in [3.05, 3.63) is 23.9 Å². The number of hydrogen-bond donors (Lipinski definition) is 1. The molecule has 0 amide bonds. The van der Waals surface area contributed by atoms with E-state index in [1.54, 1.807) is 0 Å². The van der Waals surface area contributed by atoms with Crippen molar-refractivity contribution in [3.63, 3.8) is 0 Å². The molecular weight excluding hydrogens is 222 g/mol. The summed E-state index contributed by atoms with van der Waals surface area (Å²) in [5.74, 6) is 1.04. The van der Waals surface area contributed by atoms with Crippen LogP contribution in [-0.4, -0.2) is 29.5 Å². The molecule has 1 aliphatic carbocycles. The third-order valence-corrected chi connectivity index (χ3v) is 4.40. The summed E-state index contributed by atoms with van der Waals surface area (Å²) in [6, 6.07) is 5.64. The zero-order valence-electron chi connectivity index (χ0n) is 11.2. The Morgan fingerprint density at radius 3 is 2.67 bits per heavy atom. The maximum atomic E-state index is 4.57. The second-order valence-electron chi connectivity index (χ2n) is 5.74. The quantitative estimate of drug-likeness (QED) is 0.886. The molecular formula is C15H23N3. The van der Waals surface area contributed by atoms with E-state index in [1.807, 2.05) is 0 Å². The van der Waals surface area contributed by atoms with Crippen molar-refractivity contribution in [1.82, 2.24) is 9.88 Å². The molecule has 1 aromatic rings. The molecule has 1 saturated carbocycles. The number of nitrogens with one attached hydrogen (secondary N) is 1. The minimum atomic E-state index is 0.573. The number of aromatic nitrogens is 1. The summed E-state index contributed by atoms with van der Waals surface area (Å²) < 4.78 is 0. The van der Waals surface area contributed by atoms with Crippen LogP contribution in [0.2, 0.25) is 0 Å². The predicted octanol–water partition coefficient (Wildman–Crippen LogP) is 3.20. The number of rotatable bonds is 3. The standard InChI is InChI=1S/C15H23N3/c1-18-10-3-2-7-14(18)12-8-9-15(16-11-12)17-13-5-4-6-13/h8-9,11,13-14H,2-7,10H2,1H3,(H,16,17)/t14-/m0/s1. The van der Waals surface area contributed by atoms with E-state index in [1.165, 1.54) is 50.6 Å². The molecule has 0 spiro atoms. The van der Waals surface area contributed by atoms with Crippen LogP contribution in [0.1, 0.15) is 50.1 Å². The molecule has 1 aliphatic heterocycles. The van der Waals surface area contributed by atoms with Crippen LogP contribution < -0.4 is 5.32 Å². The van der Waals surface area contributed by atoms with Gasteiger partial charge in [-0.25, -0.2) is 4.98 Å². The summed E-state index contributed by atoms with van der Waals surface area (Å²) in [5, 5.41) is 3.49. The first kappa shape index (κ1) is 12.0. The number of anilines is 1. The van der Waals surface area contributed by atoms with E-state index in [-0.39, 0.29) is 0 Å². The van der Waals surface area contributed by atoms with Crippen molar-refractivity contribution < 1.29 is 0 Å². The molecule has 1 atom stereocenters. The Balaban J connectivity index is 1.65. The van der Waals surface area contributed by atoms with Gasteiger partial charge < -0.3 is 5.32 Å². The molecule has 3 heteroatoms. The van der Waals surface area contributed by atoms with E-state index < -0.39 is 0 Å². The molecule has 98 valence electrons. The van der Waals surface area contributed by atoms with Gasteiger partial charge in [-0.3, -0.25) is 4.90 Å². The van der Waals surface area contributed by atoms with Crippen molar-refractivity contribution in [2.75, 3.05) is 18.9 Å². The molecule has 0 radical (unpaired) electrons. The van der Waals surface area contributed by atoms with E-state index in [0.717, 1.165) is 5.82 Å². The van der Waals surface area contributed by atoms with Crippen LogP contribution >= 0.6 is 0 Å².